The lowest BCUT2D eigenvalue weighted by Crippen LogP contribution is -2.37. The number of para-hydroxylation sites is 2. The maximum absolute atomic E-state index is 6.24. The molecule has 2 bridgehead atoms. The van der Waals surface area contributed by atoms with Crippen molar-refractivity contribution in [1.29, 1.82) is 0 Å². The summed E-state index contributed by atoms with van der Waals surface area (Å²) in [6.45, 7) is 0. The molecule has 0 spiro atoms. The van der Waals surface area contributed by atoms with Crippen LogP contribution in [0.4, 0.5) is 0 Å². The molecule has 3 fully saturated rings. The van der Waals surface area contributed by atoms with Crippen LogP contribution in [-0.2, 0) is 5.41 Å². The molecule has 0 saturated heterocycles. The normalized spacial score (nSPS) is 24.7. The molecule has 7 rings (SSSR count). The van der Waals surface area contributed by atoms with E-state index in [-0.39, 0.29) is 0 Å². The van der Waals surface area contributed by atoms with Gasteiger partial charge in [0.25, 0.3) is 0 Å². The number of aromatic nitrogens is 1. The van der Waals surface area contributed by atoms with Crippen molar-refractivity contribution in [2.75, 3.05) is 0 Å². The van der Waals surface area contributed by atoms with Gasteiger partial charge >= 0.3 is 0 Å². The molecular weight excluding hydrogens is 330 g/mol. The Hall–Kier alpha value is -2.61. The molecule has 4 aromatic rings. The van der Waals surface area contributed by atoms with Crippen LogP contribution in [-0.4, -0.2) is 4.98 Å². The maximum Gasteiger partial charge on any atom is 0.144 e. The summed E-state index contributed by atoms with van der Waals surface area (Å²) in [6, 6.07) is 19.3. The van der Waals surface area contributed by atoms with E-state index in [9.17, 15) is 0 Å². The van der Waals surface area contributed by atoms with E-state index >= 15 is 0 Å². The Morgan fingerprint density at radius 3 is 2.48 bits per heavy atom. The smallest absolute Gasteiger partial charge is 0.144 e. The summed E-state index contributed by atoms with van der Waals surface area (Å²) in [5.41, 5.74) is 5.91. The first-order chi connectivity index (χ1) is 13.3. The Bertz CT molecular complexity index is 1130. The number of rotatable bonds is 2. The number of fused-ring (bicyclic) bond motifs is 6. The van der Waals surface area contributed by atoms with Gasteiger partial charge in [0, 0.05) is 22.5 Å². The highest BCUT2D eigenvalue weighted by Crippen LogP contribution is 2.52. The molecule has 134 valence electrons. The lowest BCUT2D eigenvalue weighted by Gasteiger charge is -2.47. The zero-order chi connectivity index (χ0) is 17.8. The van der Waals surface area contributed by atoms with Crippen molar-refractivity contribution in [2.45, 2.75) is 43.9 Å². The molecule has 27 heavy (non-hydrogen) atoms. The minimum atomic E-state index is 0.383. The second-order valence-corrected chi connectivity index (χ2v) is 8.47. The fourth-order valence-electron chi connectivity index (χ4n) is 5.54. The molecule has 3 aliphatic rings. The van der Waals surface area contributed by atoms with Gasteiger partial charge in [-0.15, -0.1) is 0 Å². The van der Waals surface area contributed by atoms with Crippen molar-refractivity contribution in [1.82, 2.24) is 4.98 Å². The monoisotopic (exact) mass is 353 g/mol. The predicted molar refractivity (Wildman–Crippen MR) is 110 cm³/mol. The van der Waals surface area contributed by atoms with Gasteiger partial charge < -0.3 is 4.42 Å². The van der Waals surface area contributed by atoms with Crippen LogP contribution in [0.5, 0.6) is 0 Å². The summed E-state index contributed by atoms with van der Waals surface area (Å²) in [5.74, 6) is 0.984. The summed E-state index contributed by atoms with van der Waals surface area (Å²) in [6.07, 6.45) is 10.2. The third kappa shape index (κ3) is 2.29. The SMILES string of the molecule is c1ccc2c(c1)oc1c(-c3cc(C45CCC(CC4)CC5)ccn3)cccc12. The first-order valence-electron chi connectivity index (χ1n) is 10.2. The summed E-state index contributed by atoms with van der Waals surface area (Å²) >= 11 is 0. The number of hydrogen-bond donors (Lipinski definition) is 0. The van der Waals surface area contributed by atoms with E-state index in [4.69, 9.17) is 9.40 Å². The predicted octanol–water partition coefficient (Wildman–Crippen LogP) is 6.87. The minimum Gasteiger partial charge on any atom is -0.455 e. The van der Waals surface area contributed by atoms with Gasteiger partial charge in [0.2, 0.25) is 0 Å². The van der Waals surface area contributed by atoms with Crippen LogP contribution in [0.3, 0.4) is 0 Å². The number of nitrogens with zero attached hydrogens (tertiary/aromatic N) is 1. The largest absolute Gasteiger partial charge is 0.455 e. The van der Waals surface area contributed by atoms with Crippen LogP contribution in [0.25, 0.3) is 33.2 Å². The van der Waals surface area contributed by atoms with Crippen LogP contribution in [0, 0.1) is 5.92 Å². The van der Waals surface area contributed by atoms with E-state index in [2.05, 4.69) is 42.5 Å². The number of furan rings is 1. The Labute approximate surface area is 159 Å². The number of pyridine rings is 1. The van der Waals surface area contributed by atoms with Crippen molar-refractivity contribution in [2.24, 2.45) is 5.92 Å². The molecule has 0 atom stereocenters. The van der Waals surface area contributed by atoms with E-state index in [0.29, 0.717) is 5.41 Å². The van der Waals surface area contributed by atoms with Crippen molar-refractivity contribution < 1.29 is 4.42 Å². The van der Waals surface area contributed by atoms with E-state index in [1.807, 2.05) is 18.3 Å². The van der Waals surface area contributed by atoms with Gasteiger partial charge in [-0.05, 0) is 79.7 Å². The molecule has 0 aliphatic heterocycles. The highest BCUT2D eigenvalue weighted by atomic mass is 16.3. The average Bonchev–Trinajstić information content (AvgIpc) is 3.14. The quantitative estimate of drug-likeness (QED) is 0.393. The van der Waals surface area contributed by atoms with E-state index in [1.165, 1.54) is 54.9 Å². The lowest BCUT2D eigenvalue weighted by molar-refractivity contribution is 0.136. The first kappa shape index (κ1) is 15.4. The molecule has 2 heterocycles. The zero-order valence-corrected chi connectivity index (χ0v) is 15.4. The highest BCUT2D eigenvalue weighted by molar-refractivity contribution is 6.09. The molecule has 2 nitrogen and oxygen atoms in total. The van der Waals surface area contributed by atoms with E-state index < -0.39 is 0 Å². The molecule has 3 aliphatic carbocycles. The Balaban J connectivity index is 1.52. The molecule has 0 N–H and O–H groups in total. The fourth-order valence-corrected chi connectivity index (χ4v) is 5.54. The summed E-state index contributed by atoms with van der Waals surface area (Å²) in [7, 11) is 0. The summed E-state index contributed by atoms with van der Waals surface area (Å²) in [5, 5.41) is 2.35. The number of hydrogen-bond acceptors (Lipinski definition) is 2. The topological polar surface area (TPSA) is 26.0 Å². The van der Waals surface area contributed by atoms with Crippen LogP contribution < -0.4 is 0 Å². The maximum atomic E-state index is 6.24. The first-order valence-corrected chi connectivity index (χ1v) is 10.2. The van der Waals surface area contributed by atoms with Gasteiger partial charge in [0.1, 0.15) is 11.2 Å². The van der Waals surface area contributed by atoms with Crippen molar-refractivity contribution >= 4 is 21.9 Å². The molecule has 2 aromatic heterocycles. The molecule has 0 unspecified atom stereocenters. The van der Waals surface area contributed by atoms with Crippen molar-refractivity contribution in [3.63, 3.8) is 0 Å². The van der Waals surface area contributed by atoms with Gasteiger partial charge in [0.05, 0.1) is 5.69 Å². The van der Waals surface area contributed by atoms with Gasteiger partial charge in [-0.2, -0.15) is 0 Å². The third-order valence-corrected chi connectivity index (χ3v) is 7.15. The molecule has 0 amide bonds. The third-order valence-electron chi connectivity index (χ3n) is 7.15. The standard InChI is InChI=1S/C25H23NO/c1-2-7-23-19(4-1)20-5-3-6-21(24(20)27-23)22-16-18(11-15-26-22)25-12-8-17(9-13-25)10-14-25/h1-7,11,15-17H,8-10,12-14H2. The molecule has 3 saturated carbocycles. The van der Waals surface area contributed by atoms with Gasteiger partial charge in [-0.1, -0.05) is 30.3 Å². The summed E-state index contributed by atoms with van der Waals surface area (Å²) in [4.78, 5) is 4.74. The molecule has 2 heteroatoms. The Morgan fingerprint density at radius 2 is 1.63 bits per heavy atom. The molecule has 0 radical (unpaired) electrons. The van der Waals surface area contributed by atoms with Crippen LogP contribution >= 0.6 is 0 Å². The average molecular weight is 353 g/mol. The van der Waals surface area contributed by atoms with Crippen molar-refractivity contribution in [3.05, 3.63) is 66.4 Å². The number of benzene rings is 2. The second-order valence-electron chi connectivity index (χ2n) is 8.47. The van der Waals surface area contributed by atoms with Crippen LogP contribution in [0.1, 0.15) is 44.1 Å². The molecular formula is C25H23NO. The molecule has 2 aromatic carbocycles. The zero-order valence-electron chi connectivity index (χ0n) is 15.4. The van der Waals surface area contributed by atoms with Crippen molar-refractivity contribution in [3.8, 4) is 11.3 Å². The summed E-state index contributed by atoms with van der Waals surface area (Å²) < 4.78 is 6.24. The fraction of sp³-hybridized carbons (Fsp3) is 0.320. The lowest BCUT2D eigenvalue weighted by atomic mass is 9.58. The van der Waals surface area contributed by atoms with Gasteiger partial charge in [-0.25, -0.2) is 0 Å². The van der Waals surface area contributed by atoms with Crippen LogP contribution in [0.15, 0.2) is 65.2 Å². The van der Waals surface area contributed by atoms with Gasteiger partial charge in [0.15, 0.2) is 0 Å². The van der Waals surface area contributed by atoms with E-state index in [0.717, 1.165) is 28.3 Å². The highest BCUT2D eigenvalue weighted by Gasteiger charge is 2.41. The second kappa shape index (κ2) is 5.69. The Morgan fingerprint density at radius 1 is 0.852 bits per heavy atom. The van der Waals surface area contributed by atoms with Crippen LogP contribution in [0.2, 0.25) is 0 Å². The Kier molecular flexibility index (Phi) is 3.26. The van der Waals surface area contributed by atoms with Gasteiger partial charge in [-0.3, -0.25) is 4.98 Å². The minimum absolute atomic E-state index is 0.383. The van der Waals surface area contributed by atoms with E-state index in [1.54, 1.807) is 0 Å².